The van der Waals surface area contributed by atoms with Gasteiger partial charge in [-0.05, 0) is 51.3 Å². The van der Waals surface area contributed by atoms with Gasteiger partial charge in [-0.1, -0.05) is 17.7 Å². The highest BCUT2D eigenvalue weighted by atomic mass is 35.5. The number of aromatic nitrogens is 3. The molecule has 0 bridgehead atoms. The molecule has 0 unspecified atom stereocenters. The van der Waals surface area contributed by atoms with Crippen molar-refractivity contribution in [1.29, 1.82) is 0 Å². The van der Waals surface area contributed by atoms with E-state index in [1.54, 1.807) is 0 Å². The average molecular weight is 597 g/mol. The summed E-state index contributed by atoms with van der Waals surface area (Å²) in [6, 6.07) is 5.05. The van der Waals surface area contributed by atoms with Crippen molar-refractivity contribution in [3.05, 3.63) is 64.7 Å². The van der Waals surface area contributed by atoms with Crippen LogP contribution in [0.5, 0.6) is 5.88 Å². The molecule has 0 radical (unpaired) electrons. The lowest BCUT2D eigenvalue weighted by molar-refractivity contribution is 0.0949. The number of amides is 1. The average Bonchev–Trinajstić information content (AvgIpc) is 3.34. The van der Waals surface area contributed by atoms with Gasteiger partial charge in [-0.25, -0.2) is 26.6 Å². The van der Waals surface area contributed by atoms with Gasteiger partial charge in [-0.15, -0.1) is 0 Å². The van der Waals surface area contributed by atoms with Crippen molar-refractivity contribution in [2.75, 3.05) is 39.0 Å². The van der Waals surface area contributed by atoms with Crippen molar-refractivity contribution in [3.8, 4) is 17.0 Å². The Morgan fingerprint density at radius 1 is 1.15 bits per heavy atom. The smallest absolute Gasteiger partial charge is 0.269 e. The minimum absolute atomic E-state index is 0.0168. The Balaban J connectivity index is 1.69. The molecule has 1 amide bonds. The number of ether oxygens (including phenoxy) is 1. The Morgan fingerprint density at radius 3 is 2.60 bits per heavy atom. The Labute approximate surface area is 232 Å². The Bertz CT molecular complexity index is 1700. The highest BCUT2D eigenvalue weighted by Crippen LogP contribution is 2.36. The fourth-order valence-corrected chi connectivity index (χ4v) is 5.36. The van der Waals surface area contributed by atoms with E-state index in [1.807, 2.05) is 23.7 Å². The normalized spacial score (nSPS) is 11.7. The van der Waals surface area contributed by atoms with Crippen molar-refractivity contribution >= 4 is 44.1 Å². The number of nitrogens with one attached hydrogen (secondary N) is 3. The molecule has 40 heavy (non-hydrogen) atoms. The topological polar surface area (TPSA) is 129 Å². The van der Waals surface area contributed by atoms with Crippen molar-refractivity contribution in [3.63, 3.8) is 0 Å². The SMILES string of the molecule is COc1ncc(Cl)cc1S(=O)(=O)Nc1ccc(F)c(-c2ccc3c(C(=O)NCCCN(C)C)[nH]nc3c2F)c1F. The molecule has 212 valence electrons. The molecule has 0 aliphatic heterocycles. The minimum atomic E-state index is -4.52. The number of carbonyl (C=O) groups is 1. The summed E-state index contributed by atoms with van der Waals surface area (Å²) in [5.74, 6) is -4.49. The summed E-state index contributed by atoms with van der Waals surface area (Å²) in [7, 11) is 0.455. The molecule has 0 aliphatic carbocycles. The third kappa shape index (κ3) is 5.83. The van der Waals surface area contributed by atoms with Gasteiger partial charge in [0.15, 0.2) is 16.5 Å². The standard InChI is InChI=1S/C25H24ClF3N6O4S/c1-35(2)10-4-9-30-24(36)23-15-6-5-14(20(28)22(15)32-33-23)19-16(27)7-8-17(21(19)29)34-40(37,38)18-11-13(26)12-31-25(18)39-3/h5-8,11-12,34H,4,9-10H2,1-3H3,(H,30,36)(H,32,33). The molecular weight excluding hydrogens is 573 g/mol. The molecule has 4 aromatic rings. The predicted molar refractivity (Wildman–Crippen MR) is 144 cm³/mol. The van der Waals surface area contributed by atoms with Crippen LogP contribution in [0.3, 0.4) is 0 Å². The second-order valence-corrected chi connectivity index (χ2v) is 11.0. The molecule has 15 heteroatoms. The van der Waals surface area contributed by atoms with E-state index in [0.29, 0.717) is 13.0 Å². The maximum absolute atomic E-state index is 15.6. The molecule has 0 spiro atoms. The third-order valence-electron chi connectivity index (χ3n) is 5.83. The second-order valence-electron chi connectivity index (χ2n) is 8.88. The van der Waals surface area contributed by atoms with Crippen LogP contribution >= 0.6 is 11.6 Å². The van der Waals surface area contributed by atoms with E-state index in [-0.39, 0.29) is 27.5 Å². The first-order valence-electron chi connectivity index (χ1n) is 11.7. The quantitative estimate of drug-likeness (QED) is 0.234. The van der Waals surface area contributed by atoms with E-state index < -0.39 is 55.1 Å². The number of sulfonamides is 1. The zero-order chi connectivity index (χ0) is 29.2. The summed E-state index contributed by atoms with van der Waals surface area (Å²) in [6.45, 7) is 1.12. The number of benzene rings is 2. The van der Waals surface area contributed by atoms with Crippen LogP contribution in [0.2, 0.25) is 5.02 Å². The lowest BCUT2D eigenvalue weighted by atomic mass is 10.0. The van der Waals surface area contributed by atoms with Crippen LogP contribution in [-0.2, 0) is 10.0 Å². The fraction of sp³-hybridized carbons (Fsp3) is 0.240. The van der Waals surface area contributed by atoms with Crippen molar-refractivity contribution in [2.24, 2.45) is 0 Å². The van der Waals surface area contributed by atoms with Crippen LogP contribution < -0.4 is 14.8 Å². The number of H-pyrrole nitrogens is 1. The van der Waals surface area contributed by atoms with Gasteiger partial charge < -0.3 is 15.0 Å². The molecule has 2 aromatic carbocycles. The Morgan fingerprint density at radius 2 is 1.90 bits per heavy atom. The molecule has 0 saturated carbocycles. The summed E-state index contributed by atoms with van der Waals surface area (Å²) >= 11 is 5.86. The number of nitrogens with zero attached hydrogens (tertiary/aromatic N) is 3. The highest BCUT2D eigenvalue weighted by molar-refractivity contribution is 7.92. The molecule has 4 rings (SSSR count). The van der Waals surface area contributed by atoms with E-state index >= 15 is 8.78 Å². The third-order valence-corrected chi connectivity index (χ3v) is 7.40. The molecule has 0 atom stereocenters. The molecule has 10 nitrogen and oxygen atoms in total. The Kier molecular flexibility index (Phi) is 8.51. The van der Waals surface area contributed by atoms with Crippen molar-refractivity contribution in [1.82, 2.24) is 25.4 Å². The van der Waals surface area contributed by atoms with E-state index in [1.165, 1.54) is 13.2 Å². The van der Waals surface area contributed by atoms with E-state index in [4.69, 9.17) is 16.3 Å². The van der Waals surface area contributed by atoms with Crippen molar-refractivity contribution in [2.45, 2.75) is 11.3 Å². The highest BCUT2D eigenvalue weighted by Gasteiger charge is 2.27. The van der Waals surface area contributed by atoms with Gasteiger partial charge >= 0.3 is 0 Å². The van der Waals surface area contributed by atoms with Crippen LogP contribution in [0.1, 0.15) is 16.9 Å². The molecule has 0 fully saturated rings. The number of pyridine rings is 1. The lowest BCUT2D eigenvalue weighted by Gasteiger charge is -2.14. The molecule has 0 saturated heterocycles. The van der Waals surface area contributed by atoms with Crippen molar-refractivity contribution < 1.29 is 31.1 Å². The summed E-state index contributed by atoms with van der Waals surface area (Å²) in [4.78, 5) is 17.8. The van der Waals surface area contributed by atoms with E-state index in [2.05, 4.69) is 20.5 Å². The maximum atomic E-state index is 15.6. The zero-order valence-electron chi connectivity index (χ0n) is 21.5. The van der Waals surface area contributed by atoms with Crippen LogP contribution in [0.4, 0.5) is 18.9 Å². The number of hydrogen-bond donors (Lipinski definition) is 3. The number of carbonyl (C=O) groups excluding carboxylic acids is 1. The van der Waals surface area contributed by atoms with Crippen LogP contribution in [-0.4, -0.2) is 68.7 Å². The summed E-state index contributed by atoms with van der Waals surface area (Å²) in [5, 5.41) is 9.08. The number of halogens is 4. The van der Waals surface area contributed by atoms with Crippen LogP contribution in [0.25, 0.3) is 22.0 Å². The van der Waals surface area contributed by atoms with Gasteiger partial charge in [0.1, 0.15) is 17.0 Å². The maximum Gasteiger partial charge on any atom is 0.269 e. The fourth-order valence-electron chi connectivity index (χ4n) is 3.93. The number of fused-ring (bicyclic) bond motifs is 1. The molecular formula is C25H24ClF3N6O4S. The lowest BCUT2D eigenvalue weighted by Crippen LogP contribution is -2.27. The van der Waals surface area contributed by atoms with Crippen LogP contribution in [0.15, 0.2) is 41.4 Å². The van der Waals surface area contributed by atoms with E-state index in [0.717, 1.165) is 37.0 Å². The van der Waals surface area contributed by atoms with Gasteiger partial charge in [-0.2, -0.15) is 5.10 Å². The molecule has 0 aliphatic rings. The first-order valence-corrected chi connectivity index (χ1v) is 13.6. The number of rotatable bonds is 10. The Hall–Kier alpha value is -3.88. The van der Waals surface area contributed by atoms with Crippen LogP contribution in [0, 0.1) is 17.5 Å². The number of methoxy groups -OCH3 is 1. The minimum Gasteiger partial charge on any atom is -0.480 e. The largest absolute Gasteiger partial charge is 0.480 e. The first kappa shape index (κ1) is 29.1. The van der Waals surface area contributed by atoms with Gasteiger partial charge in [0.25, 0.3) is 15.9 Å². The summed E-state index contributed by atoms with van der Waals surface area (Å²) < 4.78 is 78.9. The van der Waals surface area contributed by atoms with Gasteiger partial charge in [0.2, 0.25) is 5.88 Å². The monoisotopic (exact) mass is 596 g/mol. The summed E-state index contributed by atoms with van der Waals surface area (Å²) in [6.07, 6.45) is 1.84. The van der Waals surface area contributed by atoms with Gasteiger partial charge in [0.05, 0.1) is 23.4 Å². The second kappa shape index (κ2) is 11.7. The number of anilines is 1. The zero-order valence-corrected chi connectivity index (χ0v) is 23.1. The molecule has 3 N–H and O–H groups in total. The van der Waals surface area contributed by atoms with Gasteiger partial charge in [-0.3, -0.25) is 14.6 Å². The predicted octanol–water partition coefficient (Wildman–Crippen LogP) is 4.19. The van der Waals surface area contributed by atoms with E-state index in [9.17, 15) is 17.6 Å². The molecule has 2 heterocycles. The summed E-state index contributed by atoms with van der Waals surface area (Å²) in [5.41, 5.74) is -2.38. The van der Waals surface area contributed by atoms with Gasteiger partial charge in [0, 0.05) is 23.7 Å². The number of aromatic amines is 1. The number of hydrogen-bond acceptors (Lipinski definition) is 7. The first-order chi connectivity index (χ1) is 18.9. The molecule has 2 aromatic heterocycles.